The Labute approximate surface area is 234 Å². The molecular weight excluding hydrogens is 512 g/mol. The number of halogens is 1. The molecule has 2 fully saturated rings. The van der Waals surface area contributed by atoms with Crippen LogP contribution in [-0.4, -0.2) is 32.7 Å². The summed E-state index contributed by atoms with van der Waals surface area (Å²) in [5, 5.41) is 4.94. The van der Waals surface area contributed by atoms with Gasteiger partial charge < -0.3 is 19.7 Å². The van der Waals surface area contributed by atoms with E-state index in [4.69, 9.17) is 23.8 Å². The maximum atomic E-state index is 6.98. The van der Waals surface area contributed by atoms with Crippen molar-refractivity contribution in [3.63, 3.8) is 0 Å². The van der Waals surface area contributed by atoms with Crippen molar-refractivity contribution < 1.29 is 0 Å². The van der Waals surface area contributed by atoms with Crippen LogP contribution < -0.4 is 15.1 Å². The molecule has 0 amide bonds. The summed E-state index contributed by atoms with van der Waals surface area (Å²) in [5.41, 5.74) is 4.02. The molecule has 4 atom stereocenters. The van der Waals surface area contributed by atoms with Crippen LogP contribution in [0.4, 0.5) is 11.4 Å². The normalized spacial score (nSPS) is 23.5. The van der Waals surface area contributed by atoms with Gasteiger partial charge in [0.15, 0.2) is 5.11 Å². The number of nitrogens with zero attached hydrogens (tertiary/aromatic N) is 5. The molecule has 0 aliphatic carbocycles. The zero-order valence-corrected chi connectivity index (χ0v) is 23.1. The molecule has 3 aromatic heterocycles. The molecule has 2 saturated heterocycles. The topological polar surface area (TPSA) is 49.2 Å². The average molecular weight is 543 g/mol. The SMILES string of the molecule is C[C@@H]1C[C@H](C)CN(c2ccc(N3C(=S)N[C@@H](c4ccccn4)[C@H]3c3cccn3-c3ccccn3)cc2Cl)C1. The van der Waals surface area contributed by atoms with Crippen LogP contribution in [0.3, 0.4) is 0 Å². The van der Waals surface area contributed by atoms with Gasteiger partial charge in [0.25, 0.3) is 0 Å². The Hall–Kier alpha value is -3.42. The number of aromatic nitrogens is 3. The van der Waals surface area contributed by atoms with E-state index in [1.165, 1.54) is 6.42 Å². The molecule has 6 nitrogen and oxygen atoms in total. The van der Waals surface area contributed by atoms with Crippen LogP contribution in [0.1, 0.15) is 43.7 Å². The standard InChI is InChI=1S/C30H31ClN6S/c1-20-16-21(2)19-35(18-20)25-12-11-22(17-23(25)31)37-29(28(34-30(37)38)24-8-3-5-13-32-24)26-9-7-15-36(26)27-10-4-6-14-33-27/h3-15,17,20-21,28-29H,16,18-19H2,1-2H3,(H,34,38)/t20-,21+,28-,29+/m0/s1. The van der Waals surface area contributed by atoms with E-state index in [1.54, 1.807) is 0 Å². The summed E-state index contributed by atoms with van der Waals surface area (Å²) in [6, 6.07) is 22.1. The number of rotatable bonds is 5. The molecule has 2 aliphatic heterocycles. The molecule has 0 spiro atoms. The number of thiocarbonyl (C=S) groups is 1. The van der Waals surface area contributed by atoms with Crippen molar-refractivity contribution in [1.82, 2.24) is 19.9 Å². The number of benzene rings is 1. The number of hydrogen-bond acceptors (Lipinski definition) is 4. The van der Waals surface area contributed by atoms with Gasteiger partial charge in [-0.2, -0.15) is 0 Å². The third-order valence-corrected chi connectivity index (χ3v) is 8.11. The molecule has 1 N–H and O–H groups in total. The summed E-state index contributed by atoms with van der Waals surface area (Å²) in [5.74, 6) is 2.15. The number of pyridine rings is 2. The summed E-state index contributed by atoms with van der Waals surface area (Å²) < 4.78 is 2.12. The van der Waals surface area contributed by atoms with Crippen LogP contribution in [0, 0.1) is 11.8 Å². The van der Waals surface area contributed by atoms with E-state index in [9.17, 15) is 0 Å². The van der Waals surface area contributed by atoms with Crippen molar-refractivity contribution in [2.45, 2.75) is 32.4 Å². The number of nitrogens with one attached hydrogen (secondary N) is 1. The van der Waals surface area contributed by atoms with Gasteiger partial charge in [-0.25, -0.2) is 4.98 Å². The zero-order valence-electron chi connectivity index (χ0n) is 21.5. The van der Waals surface area contributed by atoms with E-state index in [1.807, 2.05) is 61.1 Å². The molecule has 8 heteroatoms. The van der Waals surface area contributed by atoms with Crippen molar-refractivity contribution in [3.8, 4) is 5.82 Å². The first-order valence-corrected chi connectivity index (χ1v) is 13.9. The minimum atomic E-state index is -0.161. The molecule has 194 valence electrons. The first-order valence-electron chi connectivity index (χ1n) is 13.1. The lowest BCUT2D eigenvalue weighted by atomic mass is 9.91. The van der Waals surface area contributed by atoms with E-state index in [-0.39, 0.29) is 12.1 Å². The zero-order chi connectivity index (χ0) is 26.2. The number of hydrogen-bond donors (Lipinski definition) is 1. The van der Waals surface area contributed by atoms with E-state index in [0.717, 1.165) is 46.7 Å². The lowest BCUT2D eigenvalue weighted by Gasteiger charge is -2.37. The highest BCUT2D eigenvalue weighted by atomic mass is 35.5. The Kier molecular flexibility index (Phi) is 6.80. The predicted molar refractivity (Wildman–Crippen MR) is 158 cm³/mol. The molecule has 0 bridgehead atoms. The highest BCUT2D eigenvalue weighted by Gasteiger charge is 2.42. The Morgan fingerprint density at radius 1 is 0.921 bits per heavy atom. The Morgan fingerprint density at radius 3 is 2.37 bits per heavy atom. The smallest absolute Gasteiger partial charge is 0.174 e. The highest BCUT2D eigenvalue weighted by Crippen LogP contribution is 2.44. The van der Waals surface area contributed by atoms with E-state index in [0.29, 0.717) is 16.9 Å². The second-order valence-electron chi connectivity index (χ2n) is 10.5. The van der Waals surface area contributed by atoms with Gasteiger partial charge >= 0.3 is 0 Å². The fourth-order valence-electron chi connectivity index (χ4n) is 6.04. The van der Waals surface area contributed by atoms with Crippen molar-refractivity contribution in [2.24, 2.45) is 11.8 Å². The van der Waals surface area contributed by atoms with Crippen LogP contribution in [0.15, 0.2) is 85.3 Å². The minimum Gasteiger partial charge on any atom is -0.370 e. The highest BCUT2D eigenvalue weighted by molar-refractivity contribution is 7.80. The molecule has 2 aliphatic rings. The molecule has 5 heterocycles. The number of anilines is 2. The fourth-order valence-corrected chi connectivity index (χ4v) is 6.68. The lowest BCUT2D eigenvalue weighted by molar-refractivity contribution is 0.357. The van der Waals surface area contributed by atoms with Gasteiger partial charge in [-0.1, -0.05) is 37.6 Å². The molecule has 0 radical (unpaired) electrons. The van der Waals surface area contributed by atoms with Gasteiger partial charge in [0, 0.05) is 43.1 Å². The fraction of sp³-hybridized carbons (Fsp3) is 0.300. The van der Waals surface area contributed by atoms with Gasteiger partial charge in [-0.3, -0.25) is 4.98 Å². The van der Waals surface area contributed by atoms with Crippen LogP contribution in [0.5, 0.6) is 0 Å². The third-order valence-electron chi connectivity index (χ3n) is 7.50. The van der Waals surface area contributed by atoms with Gasteiger partial charge in [0.2, 0.25) is 0 Å². The molecule has 38 heavy (non-hydrogen) atoms. The molecule has 0 unspecified atom stereocenters. The van der Waals surface area contributed by atoms with E-state index < -0.39 is 0 Å². The summed E-state index contributed by atoms with van der Waals surface area (Å²) in [4.78, 5) is 13.9. The summed E-state index contributed by atoms with van der Waals surface area (Å²) in [6.07, 6.45) is 6.93. The quantitative estimate of drug-likeness (QED) is 0.287. The first kappa shape index (κ1) is 24.9. The lowest BCUT2D eigenvalue weighted by Crippen LogP contribution is -2.38. The maximum Gasteiger partial charge on any atom is 0.174 e. The molecule has 0 saturated carbocycles. The van der Waals surface area contributed by atoms with Crippen molar-refractivity contribution >= 4 is 40.3 Å². The molecule has 4 aromatic rings. The average Bonchev–Trinajstić information content (AvgIpc) is 3.53. The number of piperidine rings is 1. The minimum absolute atomic E-state index is 0.150. The third kappa shape index (κ3) is 4.65. The van der Waals surface area contributed by atoms with Gasteiger partial charge in [-0.15, -0.1) is 0 Å². The largest absolute Gasteiger partial charge is 0.370 e. The molecular formula is C30H31ClN6S. The maximum absolute atomic E-state index is 6.98. The van der Waals surface area contributed by atoms with Crippen LogP contribution in [-0.2, 0) is 0 Å². The van der Waals surface area contributed by atoms with Crippen LogP contribution in [0.2, 0.25) is 5.02 Å². The van der Waals surface area contributed by atoms with Crippen LogP contribution in [0.25, 0.3) is 5.82 Å². The Bertz CT molecular complexity index is 1420. The van der Waals surface area contributed by atoms with Crippen molar-refractivity contribution in [3.05, 3.63) is 102 Å². The summed E-state index contributed by atoms with van der Waals surface area (Å²) >= 11 is 12.9. The van der Waals surface area contributed by atoms with Gasteiger partial charge in [-0.05, 0) is 85.1 Å². The van der Waals surface area contributed by atoms with E-state index in [2.05, 4.69) is 67.8 Å². The predicted octanol–water partition coefficient (Wildman–Crippen LogP) is 6.58. The monoisotopic (exact) mass is 542 g/mol. The summed E-state index contributed by atoms with van der Waals surface area (Å²) in [7, 11) is 0. The Morgan fingerprint density at radius 2 is 1.68 bits per heavy atom. The second-order valence-corrected chi connectivity index (χ2v) is 11.3. The van der Waals surface area contributed by atoms with Crippen LogP contribution >= 0.6 is 23.8 Å². The van der Waals surface area contributed by atoms with Crippen molar-refractivity contribution in [1.29, 1.82) is 0 Å². The molecule has 1 aromatic carbocycles. The second kappa shape index (κ2) is 10.4. The van der Waals surface area contributed by atoms with E-state index >= 15 is 0 Å². The van der Waals surface area contributed by atoms with Gasteiger partial charge in [0.05, 0.1) is 22.4 Å². The van der Waals surface area contributed by atoms with Gasteiger partial charge in [0.1, 0.15) is 11.9 Å². The van der Waals surface area contributed by atoms with Crippen molar-refractivity contribution in [2.75, 3.05) is 22.9 Å². The summed E-state index contributed by atoms with van der Waals surface area (Å²) in [6.45, 7) is 6.68. The Balaban J connectivity index is 1.42. The molecule has 6 rings (SSSR count). The first-order chi connectivity index (χ1) is 18.5.